The third kappa shape index (κ3) is 17.7. The van der Waals surface area contributed by atoms with E-state index in [1.54, 1.807) is 0 Å². The Hall–Kier alpha value is 0.211. The molecular formula is C28H49Cl2SiTi-2. The molecule has 0 saturated carbocycles. The second kappa shape index (κ2) is 19.5. The molecule has 0 aliphatic rings. The molecule has 1 radical (unpaired) electrons. The summed E-state index contributed by atoms with van der Waals surface area (Å²) >= 11 is -0.556. The Morgan fingerprint density at radius 2 is 1.03 bits per heavy atom. The first-order valence-corrected chi connectivity index (χ1v) is 18.7. The first-order valence-electron chi connectivity index (χ1n) is 12.1. The molecule has 2 rings (SSSR count). The van der Waals surface area contributed by atoms with Crippen molar-refractivity contribution in [3.63, 3.8) is 0 Å². The molecular weight excluding hydrogens is 483 g/mol. The van der Waals surface area contributed by atoms with Crippen molar-refractivity contribution in [3.05, 3.63) is 58.7 Å². The zero-order valence-electron chi connectivity index (χ0n) is 22.5. The van der Waals surface area contributed by atoms with Crippen molar-refractivity contribution in [2.24, 2.45) is 0 Å². The summed E-state index contributed by atoms with van der Waals surface area (Å²) in [5.74, 6) is 0. The van der Waals surface area contributed by atoms with Gasteiger partial charge in [0.15, 0.2) is 0 Å². The predicted molar refractivity (Wildman–Crippen MR) is 149 cm³/mol. The van der Waals surface area contributed by atoms with Crippen molar-refractivity contribution in [1.29, 1.82) is 0 Å². The first kappa shape index (κ1) is 34.4. The first-order chi connectivity index (χ1) is 14.9. The zero-order chi connectivity index (χ0) is 25.2. The van der Waals surface area contributed by atoms with Gasteiger partial charge in [0, 0.05) is 9.52 Å². The summed E-state index contributed by atoms with van der Waals surface area (Å²) in [5, 5.41) is 0. The van der Waals surface area contributed by atoms with Gasteiger partial charge in [0.1, 0.15) is 0 Å². The molecule has 0 amide bonds. The molecule has 32 heavy (non-hydrogen) atoms. The van der Waals surface area contributed by atoms with E-state index in [1.165, 1.54) is 60.8 Å². The number of unbranched alkanes of at least 4 members (excludes halogenated alkanes) is 2. The van der Waals surface area contributed by atoms with Crippen molar-refractivity contribution in [2.75, 3.05) is 0 Å². The number of hydrogen-bond donors (Lipinski definition) is 0. The second-order valence-electron chi connectivity index (χ2n) is 10.4. The third-order valence-electron chi connectivity index (χ3n) is 5.01. The molecule has 185 valence electrons. The van der Waals surface area contributed by atoms with E-state index in [-0.39, 0.29) is 0 Å². The van der Waals surface area contributed by atoms with Gasteiger partial charge in [0.05, 0.1) is 0 Å². The molecule has 0 spiro atoms. The normalized spacial score (nSPS) is 10.8. The number of halogens is 2. The summed E-state index contributed by atoms with van der Waals surface area (Å²) in [7, 11) is 10.5. The molecule has 0 heterocycles. The van der Waals surface area contributed by atoms with Crippen molar-refractivity contribution in [2.45, 2.75) is 118 Å². The second-order valence-corrected chi connectivity index (χ2v) is 14.1. The van der Waals surface area contributed by atoms with Gasteiger partial charge in [-0.3, -0.25) is 0 Å². The van der Waals surface area contributed by atoms with Crippen LogP contribution in [0.4, 0.5) is 0 Å². The van der Waals surface area contributed by atoms with Crippen LogP contribution < -0.4 is 0 Å². The molecule has 4 heteroatoms. The van der Waals surface area contributed by atoms with Crippen molar-refractivity contribution in [1.82, 2.24) is 0 Å². The van der Waals surface area contributed by atoms with Crippen LogP contribution in [0.2, 0.25) is 13.1 Å². The summed E-state index contributed by atoms with van der Waals surface area (Å²) in [6.45, 7) is 22.5. The Morgan fingerprint density at radius 3 is 1.22 bits per heavy atom. The fourth-order valence-electron chi connectivity index (χ4n) is 2.99. The van der Waals surface area contributed by atoms with Gasteiger partial charge >= 0.3 is 35.6 Å². The van der Waals surface area contributed by atoms with Crippen LogP contribution in [-0.2, 0) is 40.7 Å². The van der Waals surface area contributed by atoms with E-state index in [0.717, 1.165) is 9.52 Å². The Morgan fingerprint density at radius 1 is 0.750 bits per heavy atom. The van der Waals surface area contributed by atoms with Crippen LogP contribution in [-0.4, -0.2) is 9.52 Å². The maximum absolute atomic E-state index is 4.89. The summed E-state index contributed by atoms with van der Waals surface area (Å²) in [6.07, 6.45) is 7.69. The third-order valence-corrected chi connectivity index (χ3v) is 5.01. The Labute approximate surface area is 220 Å². The van der Waals surface area contributed by atoms with Crippen LogP contribution >= 0.6 is 18.6 Å². The molecule has 0 atom stereocenters. The SMILES string of the molecule is CCCCc1cc(C(C)(C)C)c[cH-]1.CCCCc1cc(C(C)(C)C)c[cH-]1.C[SiH]C.[Cl][Ti][Cl]. The van der Waals surface area contributed by atoms with Crippen molar-refractivity contribution >= 4 is 28.1 Å². The molecule has 2 aromatic rings. The van der Waals surface area contributed by atoms with Gasteiger partial charge in [-0.1, -0.05) is 118 Å². The molecule has 0 bridgehead atoms. The Kier molecular flexibility index (Phi) is 21.0. The van der Waals surface area contributed by atoms with Crippen molar-refractivity contribution < 1.29 is 17.0 Å². The molecule has 0 aliphatic heterocycles. The van der Waals surface area contributed by atoms with Gasteiger partial charge in [-0.05, 0) is 0 Å². The number of hydrogen-bond acceptors (Lipinski definition) is 0. The zero-order valence-corrected chi connectivity index (χ0v) is 26.8. The van der Waals surface area contributed by atoms with Gasteiger partial charge in [0.25, 0.3) is 0 Å². The summed E-state index contributed by atoms with van der Waals surface area (Å²) in [5.41, 5.74) is 6.57. The Balaban J connectivity index is 0. The molecule has 0 aliphatic carbocycles. The van der Waals surface area contributed by atoms with E-state index in [1.807, 2.05) is 0 Å². The fraction of sp³-hybridized carbons (Fsp3) is 0.643. The molecule has 0 unspecified atom stereocenters. The monoisotopic (exact) mass is 531 g/mol. The molecule has 0 aromatic heterocycles. The summed E-state index contributed by atoms with van der Waals surface area (Å²) in [6, 6.07) is 13.8. The molecule has 0 nitrogen and oxygen atoms in total. The molecule has 2 aromatic carbocycles. The van der Waals surface area contributed by atoms with Crippen LogP contribution in [0.3, 0.4) is 0 Å². The molecule has 0 N–H and O–H groups in total. The minimum atomic E-state index is -0.556. The van der Waals surface area contributed by atoms with Crippen LogP contribution in [0.5, 0.6) is 0 Å². The van der Waals surface area contributed by atoms with Gasteiger partial charge in [0.2, 0.25) is 0 Å². The predicted octanol–water partition coefficient (Wildman–Crippen LogP) is 9.99. The van der Waals surface area contributed by atoms with Gasteiger partial charge in [-0.25, -0.2) is 12.1 Å². The standard InChI is InChI=1S/2C13H21.C2H7Si.2ClH.Ti/c2*1-5-6-7-11-8-9-12(10-11)13(2,3)4;1-3-2;;;/h2*8-10H,5-7H2,1-4H3;3H,1-2H3;2*1H;/q2*-1;;;;+2/p-2. The van der Waals surface area contributed by atoms with Gasteiger partial charge in [-0.2, -0.15) is 46.5 Å². The quantitative estimate of drug-likeness (QED) is 0.257. The summed E-state index contributed by atoms with van der Waals surface area (Å²) < 4.78 is 0. The average molecular weight is 533 g/mol. The Bertz CT molecular complexity index is 601. The number of rotatable bonds is 6. The van der Waals surface area contributed by atoms with Crippen LogP contribution in [0.15, 0.2) is 36.4 Å². The van der Waals surface area contributed by atoms with E-state index in [9.17, 15) is 0 Å². The maximum atomic E-state index is 4.89. The fourth-order valence-corrected chi connectivity index (χ4v) is 2.99. The van der Waals surface area contributed by atoms with E-state index in [2.05, 4.69) is 105 Å². The molecule has 0 saturated heterocycles. The minimum absolute atomic E-state index is 0.310. The van der Waals surface area contributed by atoms with Crippen LogP contribution in [0.1, 0.15) is 103 Å². The van der Waals surface area contributed by atoms with E-state index in [4.69, 9.17) is 18.6 Å². The van der Waals surface area contributed by atoms with Crippen molar-refractivity contribution in [3.8, 4) is 0 Å². The van der Waals surface area contributed by atoms with Gasteiger partial charge < -0.3 is 0 Å². The van der Waals surface area contributed by atoms with E-state index in [0.29, 0.717) is 10.8 Å². The summed E-state index contributed by atoms with van der Waals surface area (Å²) in [4.78, 5) is 0. The van der Waals surface area contributed by atoms with E-state index >= 15 is 0 Å². The van der Waals surface area contributed by atoms with Gasteiger partial charge in [-0.15, -0.1) is 0 Å². The topological polar surface area (TPSA) is 0 Å². The molecule has 0 fully saturated rings. The van der Waals surface area contributed by atoms with Crippen LogP contribution in [0, 0.1) is 0 Å². The average Bonchev–Trinajstić information content (AvgIpc) is 3.36. The number of aryl methyl sites for hydroxylation is 2. The van der Waals surface area contributed by atoms with Crippen LogP contribution in [0.25, 0.3) is 0 Å². The van der Waals surface area contributed by atoms with E-state index < -0.39 is 17.0 Å².